The van der Waals surface area contributed by atoms with Crippen LogP contribution in [-0.2, 0) is 11.3 Å². The number of hydrogen-bond acceptors (Lipinski definition) is 7. The van der Waals surface area contributed by atoms with Crippen LogP contribution in [0.25, 0.3) is 10.3 Å². The van der Waals surface area contributed by atoms with Gasteiger partial charge in [-0.2, -0.15) is 4.98 Å². The largest absolute Gasteiger partial charge is 0.348 e. The van der Waals surface area contributed by atoms with Crippen LogP contribution in [0.2, 0.25) is 0 Å². The van der Waals surface area contributed by atoms with Gasteiger partial charge in [0.1, 0.15) is 17.6 Å². The van der Waals surface area contributed by atoms with Gasteiger partial charge in [-0.15, -0.1) is 0 Å². The molecule has 9 heteroatoms. The lowest BCUT2D eigenvalue weighted by Crippen LogP contribution is -2.29. The predicted molar refractivity (Wildman–Crippen MR) is 113 cm³/mol. The zero-order chi connectivity index (χ0) is 20.4. The van der Waals surface area contributed by atoms with Gasteiger partial charge in [-0.3, -0.25) is 19.0 Å². The maximum atomic E-state index is 12.8. The van der Waals surface area contributed by atoms with Crippen molar-refractivity contribution in [1.82, 2.24) is 14.5 Å². The minimum Gasteiger partial charge on any atom is -0.348 e. The summed E-state index contributed by atoms with van der Waals surface area (Å²) in [4.78, 5) is 47.4. The fraction of sp³-hybridized carbons (Fsp3) is 0.350. The van der Waals surface area contributed by atoms with Gasteiger partial charge in [0, 0.05) is 24.3 Å². The first-order chi connectivity index (χ1) is 14.0. The number of anilines is 2. The Morgan fingerprint density at radius 2 is 1.86 bits per heavy atom. The second kappa shape index (κ2) is 8.12. The highest BCUT2D eigenvalue weighted by Crippen LogP contribution is 2.27. The lowest BCUT2D eigenvalue weighted by molar-refractivity contribution is -0.116. The maximum Gasteiger partial charge on any atom is 0.273 e. The third-order valence-electron chi connectivity index (χ3n) is 4.89. The Morgan fingerprint density at radius 3 is 2.55 bits per heavy atom. The number of piperidine rings is 1. The average Bonchev–Trinajstić information content (AvgIpc) is 3.16. The molecule has 0 spiro atoms. The second-order valence-corrected chi connectivity index (χ2v) is 8.03. The maximum absolute atomic E-state index is 12.8. The number of amides is 1. The van der Waals surface area contributed by atoms with Crippen LogP contribution in [0.1, 0.15) is 36.5 Å². The van der Waals surface area contributed by atoms with E-state index in [1.54, 1.807) is 24.3 Å². The number of nitrogens with one attached hydrogen (secondary N) is 1. The summed E-state index contributed by atoms with van der Waals surface area (Å²) in [7, 11) is 0. The van der Waals surface area contributed by atoms with E-state index in [0.29, 0.717) is 21.6 Å². The molecule has 3 heterocycles. The van der Waals surface area contributed by atoms with Crippen molar-refractivity contribution in [2.24, 2.45) is 0 Å². The van der Waals surface area contributed by atoms with Crippen molar-refractivity contribution in [2.75, 3.05) is 23.3 Å². The highest BCUT2D eigenvalue weighted by atomic mass is 32.1. The van der Waals surface area contributed by atoms with Crippen molar-refractivity contribution in [3.05, 3.63) is 46.5 Å². The van der Waals surface area contributed by atoms with E-state index in [1.807, 2.05) is 0 Å². The van der Waals surface area contributed by atoms with Crippen LogP contribution < -0.4 is 15.8 Å². The molecule has 0 radical (unpaired) electrons. The molecule has 1 aliphatic heterocycles. The van der Waals surface area contributed by atoms with E-state index in [4.69, 9.17) is 0 Å². The van der Waals surface area contributed by atoms with Crippen LogP contribution in [0.4, 0.5) is 10.8 Å². The Kier molecular flexibility index (Phi) is 5.39. The van der Waals surface area contributed by atoms with Gasteiger partial charge in [0.2, 0.25) is 5.91 Å². The van der Waals surface area contributed by atoms with Gasteiger partial charge < -0.3 is 10.2 Å². The van der Waals surface area contributed by atoms with Gasteiger partial charge >= 0.3 is 0 Å². The Morgan fingerprint density at radius 1 is 1.14 bits per heavy atom. The zero-order valence-electron chi connectivity index (χ0n) is 16.1. The molecular weight excluding hydrogens is 390 g/mol. The molecule has 3 aromatic rings. The van der Waals surface area contributed by atoms with Crippen LogP contribution in [0.5, 0.6) is 0 Å². The third-order valence-corrected chi connectivity index (χ3v) is 5.98. The number of carbonyl (C=O) groups is 2. The molecule has 0 unspecified atom stereocenters. The molecule has 0 atom stereocenters. The number of carbonyl (C=O) groups excluding carboxylic acids is 2. The molecule has 1 N–H and O–H groups in total. The number of fused-ring (bicyclic) bond motifs is 1. The third kappa shape index (κ3) is 4.19. The second-order valence-electron chi connectivity index (χ2n) is 7.06. The van der Waals surface area contributed by atoms with E-state index < -0.39 is 0 Å². The molecule has 8 nitrogen and oxygen atoms in total. The summed E-state index contributed by atoms with van der Waals surface area (Å²) >= 11 is 1.34. The SMILES string of the molecule is CC(=O)c1ccc(NC(=O)Cn2cnc3nc(N4CCCCC4)sc3c2=O)cc1. The number of aromatic nitrogens is 3. The summed E-state index contributed by atoms with van der Waals surface area (Å²) < 4.78 is 1.76. The average molecular weight is 411 g/mol. The predicted octanol–water partition coefficient (Wildman–Crippen LogP) is 2.68. The van der Waals surface area contributed by atoms with Crippen molar-refractivity contribution < 1.29 is 9.59 Å². The van der Waals surface area contributed by atoms with Crippen LogP contribution >= 0.6 is 11.3 Å². The molecule has 1 aliphatic rings. The molecule has 0 saturated carbocycles. The van der Waals surface area contributed by atoms with Crippen molar-refractivity contribution in [2.45, 2.75) is 32.7 Å². The van der Waals surface area contributed by atoms with Crippen LogP contribution in [0.15, 0.2) is 35.4 Å². The summed E-state index contributed by atoms with van der Waals surface area (Å²) in [6.07, 6.45) is 4.84. The first kappa shape index (κ1) is 19.3. The molecule has 150 valence electrons. The number of Topliss-reactive ketones (excluding diaryl/α,β-unsaturated/α-hetero) is 1. The lowest BCUT2D eigenvalue weighted by Gasteiger charge is -2.25. The molecule has 1 fully saturated rings. The Balaban J connectivity index is 1.49. The summed E-state index contributed by atoms with van der Waals surface area (Å²) in [5, 5.41) is 3.55. The van der Waals surface area contributed by atoms with E-state index in [0.717, 1.165) is 31.1 Å². The molecule has 29 heavy (non-hydrogen) atoms. The normalized spacial score (nSPS) is 14.2. The van der Waals surface area contributed by atoms with Gasteiger partial charge in [-0.1, -0.05) is 11.3 Å². The first-order valence-corrected chi connectivity index (χ1v) is 10.3. The summed E-state index contributed by atoms with van der Waals surface area (Å²) in [5.41, 5.74) is 1.30. The number of ketones is 1. The minimum absolute atomic E-state index is 0.0396. The molecule has 4 rings (SSSR count). The van der Waals surface area contributed by atoms with Crippen LogP contribution in [-0.4, -0.2) is 39.3 Å². The minimum atomic E-state index is -0.343. The smallest absolute Gasteiger partial charge is 0.273 e. The summed E-state index contributed by atoms with van der Waals surface area (Å²) in [6.45, 7) is 3.23. The molecule has 0 bridgehead atoms. The highest BCUT2D eigenvalue weighted by Gasteiger charge is 2.18. The van der Waals surface area contributed by atoms with E-state index in [2.05, 4.69) is 20.2 Å². The highest BCUT2D eigenvalue weighted by molar-refractivity contribution is 7.22. The molecule has 2 aromatic heterocycles. The monoisotopic (exact) mass is 411 g/mol. The van der Waals surface area contributed by atoms with E-state index >= 15 is 0 Å². The molecule has 0 aliphatic carbocycles. The van der Waals surface area contributed by atoms with Crippen LogP contribution in [0, 0.1) is 0 Å². The Bertz CT molecular complexity index is 1110. The number of nitrogens with zero attached hydrogens (tertiary/aromatic N) is 4. The van der Waals surface area contributed by atoms with Crippen molar-refractivity contribution >= 4 is 44.2 Å². The number of hydrogen-bond donors (Lipinski definition) is 1. The van der Waals surface area contributed by atoms with E-state index in [1.165, 1.54) is 35.6 Å². The van der Waals surface area contributed by atoms with Gasteiger partial charge in [0.25, 0.3) is 5.56 Å². The first-order valence-electron chi connectivity index (χ1n) is 9.53. The summed E-state index contributed by atoms with van der Waals surface area (Å²) in [5.74, 6) is -0.383. The number of benzene rings is 1. The Hall–Kier alpha value is -3.07. The zero-order valence-corrected chi connectivity index (χ0v) is 16.9. The Labute approximate surface area is 171 Å². The summed E-state index contributed by atoms with van der Waals surface area (Å²) in [6, 6.07) is 6.62. The van der Waals surface area contributed by atoms with Gasteiger partial charge in [0.05, 0.1) is 0 Å². The van der Waals surface area contributed by atoms with Crippen molar-refractivity contribution in [1.29, 1.82) is 0 Å². The lowest BCUT2D eigenvalue weighted by atomic mass is 10.1. The fourth-order valence-electron chi connectivity index (χ4n) is 3.31. The number of thiazole rings is 1. The molecular formula is C20H21N5O3S. The topological polar surface area (TPSA) is 97.2 Å². The van der Waals surface area contributed by atoms with Gasteiger partial charge in [-0.25, -0.2) is 4.98 Å². The number of rotatable bonds is 5. The quantitative estimate of drug-likeness (QED) is 0.649. The van der Waals surface area contributed by atoms with E-state index in [9.17, 15) is 14.4 Å². The van der Waals surface area contributed by atoms with Gasteiger partial charge in [0.15, 0.2) is 16.6 Å². The van der Waals surface area contributed by atoms with Crippen LogP contribution in [0.3, 0.4) is 0 Å². The van der Waals surface area contributed by atoms with E-state index in [-0.39, 0.29) is 23.8 Å². The van der Waals surface area contributed by atoms with Gasteiger partial charge in [-0.05, 0) is 50.5 Å². The van der Waals surface area contributed by atoms with Crippen molar-refractivity contribution in [3.8, 4) is 0 Å². The molecule has 1 aromatic carbocycles. The standard InChI is InChI=1S/C20H21N5O3S/c1-13(26)14-5-7-15(8-6-14)22-16(27)11-25-12-21-18-17(19(25)28)29-20(23-18)24-9-3-2-4-10-24/h5-8,12H,2-4,9-11H2,1H3,(H,22,27). The molecule has 1 amide bonds. The fourth-order valence-corrected chi connectivity index (χ4v) is 4.33. The van der Waals surface area contributed by atoms with Crippen molar-refractivity contribution in [3.63, 3.8) is 0 Å². The molecule has 1 saturated heterocycles.